The number of carbonyl (C=O) groups is 1. The fraction of sp³-hybridized carbons (Fsp3) is 0.500. The number of esters is 1. The summed E-state index contributed by atoms with van der Waals surface area (Å²) in [6.07, 6.45) is 1.17. The average Bonchev–Trinajstić information content (AvgIpc) is 2.08. The van der Waals surface area contributed by atoms with Gasteiger partial charge in [-0.15, -0.1) is 0 Å². The number of aromatic nitrogens is 2. The standard InChI is InChI=1S/C10H14N2O3/c1-7(2)15-10(14)5-12-6-11-8(3)4-9(12)13/h4,6-7H,5H2,1-3H3. The van der Waals surface area contributed by atoms with Crippen LogP contribution in [0.4, 0.5) is 0 Å². The number of aryl methyl sites for hydroxylation is 1. The number of rotatable bonds is 3. The van der Waals surface area contributed by atoms with E-state index in [1.165, 1.54) is 17.0 Å². The molecule has 0 unspecified atom stereocenters. The number of nitrogens with zero attached hydrogens (tertiary/aromatic N) is 2. The van der Waals surface area contributed by atoms with Gasteiger partial charge in [0.05, 0.1) is 12.4 Å². The molecule has 82 valence electrons. The van der Waals surface area contributed by atoms with Crippen LogP contribution >= 0.6 is 0 Å². The summed E-state index contributed by atoms with van der Waals surface area (Å²) in [7, 11) is 0. The summed E-state index contributed by atoms with van der Waals surface area (Å²) in [5, 5.41) is 0. The summed E-state index contributed by atoms with van der Waals surface area (Å²) < 4.78 is 6.13. The maximum Gasteiger partial charge on any atom is 0.326 e. The van der Waals surface area contributed by atoms with Gasteiger partial charge in [-0.05, 0) is 20.8 Å². The fourth-order valence-electron chi connectivity index (χ4n) is 1.07. The Balaban J connectivity index is 2.73. The molecule has 0 aliphatic rings. The van der Waals surface area contributed by atoms with Crippen molar-refractivity contribution in [2.45, 2.75) is 33.4 Å². The van der Waals surface area contributed by atoms with Crippen molar-refractivity contribution in [2.24, 2.45) is 0 Å². The van der Waals surface area contributed by atoms with Gasteiger partial charge in [0.25, 0.3) is 5.56 Å². The molecule has 0 spiro atoms. The average molecular weight is 210 g/mol. The van der Waals surface area contributed by atoms with Gasteiger partial charge in [-0.25, -0.2) is 4.98 Å². The Labute approximate surface area is 87.7 Å². The highest BCUT2D eigenvalue weighted by Gasteiger charge is 2.07. The molecule has 0 fully saturated rings. The van der Waals surface area contributed by atoms with E-state index in [-0.39, 0.29) is 18.2 Å². The molecule has 0 aliphatic carbocycles. The van der Waals surface area contributed by atoms with E-state index in [0.717, 1.165) is 0 Å². The van der Waals surface area contributed by atoms with Crippen LogP contribution in [-0.4, -0.2) is 21.6 Å². The molecule has 15 heavy (non-hydrogen) atoms. The number of ether oxygens (including phenoxy) is 1. The molecule has 1 aromatic rings. The van der Waals surface area contributed by atoms with Crippen molar-refractivity contribution < 1.29 is 9.53 Å². The third-order valence-electron chi connectivity index (χ3n) is 1.68. The molecule has 0 atom stereocenters. The van der Waals surface area contributed by atoms with Crippen LogP contribution in [0.1, 0.15) is 19.5 Å². The molecule has 0 bridgehead atoms. The van der Waals surface area contributed by atoms with E-state index in [9.17, 15) is 9.59 Å². The highest BCUT2D eigenvalue weighted by atomic mass is 16.5. The van der Waals surface area contributed by atoms with Crippen molar-refractivity contribution in [3.05, 3.63) is 28.4 Å². The Morgan fingerprint density at radius 1 is 1.60 bits per heavy atom. The maximum absolute atomic E-state index is 11.4. The van der Waals surface area contributed by atoms with Crippen molar-refractivity contribution in [3.8, 4) is 0 Å². The molecule has 5 heteroatoms. The van der Waals surface area contributed by atoms with Gasteiger partial charge in [-0.1, -0.05) is 0 Å². The fourth-order valence-corrected chi connectivity index (χ4v) is 1.07. The van der Waals surface area contributed by atoms with Gasteiger partial charge in [0, 0.05) is 11.8 Å². The first kappa shape index (κ1) is 11.4. The van der Waals surface area contributed by atoms with Crippen molar-refractivity contribution in [1.29, 1.82) is 0 Å². The van der Waals surface area contributed by atoms with Crippen LogP contribution in [0.15, 0.2) is 17.2 Å². The minimum absolute atomic E-state index is 0.0930. The number of hydrogen-bond donors (Lipinski definition) is 0. The molecule has 0 N–H and O–H groups in total. The van der Waals surface area contributed by atoms with Crippen LogP contribution in [-0.2, 0) is 16.1 Å². The molecule has 0 aromatic carbocycles. The van der Waals surface area contributed by atoms with Crippen LogP contribution in [0, 0.1) is 6.92 Å². The number of hydrogen-bond acceptors (Lipinski definition) is 4. The van der Waals surface area contributed by atoms with Gasteiger partial charge in [0.15, 0.2) is 0 Å². The van der Waals surface area contributed by atoms with Crippen LogP contribution in [0.3, 0.4) is 0 Å². The molecule has 1 aromatic heterocycles. The second-order valence-corrected chi connectivity index (χ2v) is 3.54. The lowest BCUT2D eigenvalue weighted by Crippen LogP contribution is -2.26. The van der Waals surface area contributed by atoms with Crippen LogP contribution in [0.25, 0.3) is 0 Å². The third-order valence-corrected chi connectivity index (χ3v) is 1.68. The molecule has 5 nitrogen and oxygen atoms in total. The normalized spacial score (nSPS) is 10.4. The van der Waals surface area contributed by atoms with Crippen molar-refractivity contribution in [3.63, 3.8) is 0 Å². The Morgan fingerprint density at radius 3 is 2.80 bits per heavy atom. The van der Waals surface area contributed by atoms with Crippen LogP contribution in [0.5, 0.6) is 0 Å². The van der Waals surface area contributed by atoms with Gasteiger partial charge < -0.3 is 4.74 Å². The van der Waals surface area contributed by atoms with E-state index >= 15 is 0 Å². The summed E-state index contributed by atoms with van der Waals surface area (Å²) in [6.45, 7) is 5.14. The zero-order valence-corrected chi connectivity index (χ0v) is 9.06. The SMILES string of the molecule is Cc1cc(=O)n(CC(=O)OC(C)C)cn1. The first-order chi connectivity index (χ1) is 6.99. The monoisotopic (exact) mass is 210 g/mol. The van der Waals surface area contributed by atoms with Gasteiger partial charge >= 0.3 is 5.97 Å². The second kappa shape index (κ2) is 4.72. The lowest BCUT2D eigenvalue weighted by molar-refractivity contribution is -0.148. The second-order valence-electron chi connectivity index (χ2n) is 3.54. The zero-order valence-electron chi connectivity index (χ0n) is 9.06. The quantitative estimate of drug-likeness (QED) is 0.682. The highest BCUT2D eigenvalue weighted by Crippen LogP contribution is 1.92. The summed E-state index contributed by atoms with van der Waals surface area (Å²) in [5.74, 6) is -0.433. The minimum atomic E-state index is -0.433. The summed E-state index contributed by atoms with van der Waals surface area (Å²) >= 11 is 0. The molecule has 1 heterocycles. The summed E-state index contributed by atoms with van der Waals surface area (Å²) in [4.78, 5) is 26.6. The van der Waals surface area contributed by atoms with Gasteiger partial charge in [0.1, 0.15) is 6.54 Å². The molecule has 0 saturated heterocycles. The van der Waals surface area contributed by atoms with Crippen LogP contribution < -0.4 is 5.56 Å². The van der Waals surface area contributed by atoms with E-state index in [2.05, 4.69) is 4.98 Å². The first-order valence-electron chi connectivity index (χ1n) is 4.71. The molecule has 0 amide bonds. The highest BCUT2D eigenvalue weighted by molar-refractivity contribution is 5.69. The topological polar surface area (TPSA) is 61.2 Å². The van der Waals surface area contributed by atoms with E-state index in [4.69, 9.17) is 4.74 Å². The van der Waals surface area contributed by atoms with Crippen molar-refractivity contribution in [2.75, 3.05) is 0 Å². The molecular weight excluding hydrogens is 196 g/mol. The Kier molecular flexibility index (Phi) is 3.60. The lowest BCUT2D eigenvalue weighted by atomic mass is 10.4. The predicted molar refractivity (Wildman–Crippen MR) is 54.5 cm³/mol. The summed E-state index contributed by atoms with van der Waals surface area (Å²) in [6, 6.07) is 1.38. The largest absolute Gasteiger partial charge is 0.462 e. The van der Waals surface area contributed by atoms with Crippen molar-refractivity contribution >= 4 is 5.97 Å². The van der Waals surface area contributed by atoms with Gasteiger partial charge in [-0.3, -0.25) is 14.2 Å². The molecule has 1 rings (SSSR count). The Bertz CT molecular complexity index is 409. The first-order valence-corrected chi connectivity index (χ1v) is 4.71. The van der Waals surface area contributed by atoms with Crippen molar-refractivity contribution in [1.82, 2.24) is 9.55 Å². The van der Waals surface area contributed by atoms with E-state index in [1.54, 1.807) is 20.8 Å². The smallest absolute Gasteiger partial charge is 0.326 e. The van der Waals surface area contributed by atoms with Gasteiger partial charge in [-0.2, -0.15) is 0 Å². The Hall–Kier alpha value is -1.65. The van der Waals surface area contributed by atoms with E-state index in [1.807, 2.05) is 0 Å². The molecular formula is C10H14N2O3. The minimum Gasteiger partial charge on any atom is -0.462 e. The maximum atomic E-state index is 11.4. The summed E-state index contributed by atoms with van der Waals surface area (Å²) in [5.41, 5.74) is 0.386. The zero-order chi connectivity index (χ0) is 11.4. The number of carbonyl (C=O) groups excluding carboxylic acids is 1. The van der Waals surface area contributed by atoms with Gasteiger partial charge in [0.2, 0.25) is 0 Å². The van der Waals surface area contributed by atoms with E-state index < -0.39 is 5.97 Å². The molecule has 0 aliphatic heterocycles. The lowest BCUT2D eigenvalue weighted by Gasteiger charge is -2.08. The predicted octanol–water partition coefficient (Wildman–Crippen LogP) is 0.503. The molecule has 0 saturated carbocycles. The van der Waals surface area contributed by atoms with E-state index in [0.29, 0.717) is 5.69 Å². The third kappa shape index (κ3) is 3.53. The molecule has 0 radical (unpaired) electrons. The Morgan fingerprint density at radius 2 is 2.27 bits per heavy atom. The van der Waals surface area contributed by atoms with Crippen LogP contribution in [0.2, 0.25) is 0 Å².